The number of aryl methyl sites for hydroxylation is 1. The van der Waals surface area contributed by atoms with E-state index < -0.39 is 5.97 Å². The van der Waals surface area contributed by atoms with E-state index in [9.17, 15) is 9.90 Å². The van der Waals surface area contributed by atoms with E-state index in [-0.39, 0.29) is 5.56 Å². The van der Waals surface area contributed by atoms with E-state index in [1.165, 1.54) is 12.1 Å². The summed E-state index contributed by atoms with van der Waals surface area (Å²) in [5, 5.41) is 18.0. The molecule has 0 atom stereocenters. The standard InChI is InChI=1S/C16H15N3O2S/c1-11-4-2-3-5-14(11)18-16(22)19-17-10-12-6-8-13(9-7-12)15(20)21/h2-10H,1H3,(H,20,21)(H2,18,19,22)/p-1/b17-10-. The maximum Gasteiger partial charge on any atom is 0.191 e. The summed E-state index contributed by atoms with van der Waals surface area (Å²) in [5.41, 5.74) is 5.57. The number of nitrogens with zero attached hydrogens (tertiary/aromatic N) is 1. The highest BCUT2D eigenvalue weighted by Gasteiger charge is 1.98. The molecule has 0 amide bonds. The number of carboxylic acid groups (broad SMARTS) is 1. The third-order valence-corrected chi connectivity index (χ3v) is 3.11. The maximum atomic E-state index is 10.6. The van der Waals surface area contributed by atoms with E-state index in [4.69, 9.17) is 12.2 Å². The first-order valence-electron chi connectivity index (χ1n) is 6.53. The van der Waals surface area contributed by atoms with Gasteiger partial charge in [0.1, 0.15) is 0 Å². The second kappa shape index (κ2) is 7.33. The summed E-state index contributed by atoms with van der Waals surface area (Å²) in [4.78, 5) is 10.6. The Balaban J connectivity index is 1.90. The highest BCUT2D eigenvalue weighted by atomic mass is 32.1. The van der Waals surface area contributed by atoms with Crippen LogP contribution in [0.1, 0.15) is 21.5 Å². The summed E-state index contributed by atoms with van der Waals surface area (Å²) < 4.78 is 0. The van der Waals surface area contributed by atoms with Crippen molar-refractivity contribution in [1.82, 2.24) is 5.43 Å². The number of para-hydroxylation sites is 1. The van der Waals surface area contributed by atoms with Crippen LogP contribution in [0.4, 0.5) is 5.69 Å². The SMILES string of the molecule is Cc1ccccc1NC(=S)N/N=C\c1ccc(C(=O)[O-])cc1. The second-order valence-corrected chi connectivity index (χ2v) is 4.96. The Morgan fingerprint density at radius 2 is 1.86 bits per heavy atom. The van der Waals surface area contributed by atoms with Gasteiger partial charge in [-0.3, -0.25) is 5.43 Å². The fourth-order valence-corrected chi connectivity index (χ4v) is 1.90. The first-order chi connectivity index (χ1) is 10.6. The predicted octanol–water partition coefficient (Wildman–Crippen LogP) is 1.68. The van der Waals surface area contributed by atoms with Crippen molar-refractivity contribution in [3.8, 4) is 0 Å². The normalized spacial score (nSPS) is 10.4. The van der Waals surface area contributed by atoms with Crippen molar-refractivity contribution in [1.29, 1.82) is 0 Å². The molecular formula is C16H14N3O2S-. The van der Waals surface area contributed by atoms with E-state index in [1.807, 2.05) is 31.2 Å². The van der Waals surface area contributed by atoms with Crippen molar-refractivity contribution in [2.75, 3.05) is 5.32 Å². The van der Waals surface area contributed by atoms with E-state index in [2.05, 4.69) is 15.8 Å². The van der Waals surface area contributed by atoms with Crippen molar-refractivity contribution in [3.05, 3.63) is 65.2 Å². The molecule has 0 aliphatic carbocycles. The van der Waals surface area contributed by atoms with Crippen LogP contribution in [0.25, 0.3) is 0 Å². The minimum absolute atomic E-state index is 0.127. The van der Waals surface area contributed by atoms with Crippen molar-refractivity contribution < 1.29 is 9.90 Å². The lowest BCUT2D eigenvalue weighted by atomic mass is 10.1. The molecule has 0 radical (unpaired) electrons. The van der Waals surface area contributed by atoms with Gasteiger partial charge >= 0.3 is 0 Å². The lowest BCUT2D eigenvalue weighted by molar-refractivity contribution is -0.255. The summed E-state index contributed by atoms with van der Waals surface area (Å²) in [7, 11) is 0. The minimum atomic E-state index is -1.20. The van der Waals surface area contributed by atoms with Gasteiger partial charge in [-0.2, -0.15) is 5.10 Å². The van der Waals surface area contributed by atoms with Gasteiger partial charge in [-0.15, -0.1) is 0 Å². The minimum Gasteiger partial charge on any atom is -0.545 e. The Morgan fingerprint density at radius 1 is 1.18 bits per heavy atom. The smallest absolute Gasteiger partial charge is 0.191 e. The Hall–Kier alpha value is -2.73. The van der Waals surface area contributed by atoms with Crippen LogP contribution >= 0.6 is 12.2 Å². The Labute approximate surface area is 133 Å². The number of nitrogens with one attached hydrogen (secondary N) is 2. The van der Waals surface area contributed by atoms with E-state index in [1.54, 1.807) is 18.3 Å². The highest BCUT2D eigenvalue weighted by molar-refractivity contribution is 7.80. The molecule has 2 aromatic carbocycles. The van der Waals surface area contributed by atoms with E-state index in [0.717, 1.165) is 16.8 Å². The van der Waals surface area contributed by atoms with Crippen LogP contribution in [0, 0.1) is 6.92 Å². The fourth-order valence-electron chi connectivity index (χ4n) is 1.73. The number of hydrogen-bond acceptors (Lipinski definition) is 4. The monoisotopic (exact) mass is 312 g/mol. The van der Waals surface area contributed by atoms with Crippen LogP contribution in [-0.2, 0) is 0 Å². The zero-order valence-corrected chi connectivity index (χ0v) is 12.7. The van der Waals surface area contributed by atoms with Crippen molar-refractivity contribution >= 4 is 35.2 Å². The molecule has 112 valence electrons. The summed E-state index contributed by atoms with van der Waals surface area (Å²) in [5.74, 6) is -1.20. The van der Waals surface area contributed by atoms with Gasteiger partial charge in [0.25, 0.3) is 0 Å². The van der Waals surface area contributed by atoms with Crippen LogP contribution in [-0.4, -0.2) is 17.3 Å². The highest BCUT2D eigenvalue weighted by Crippen LogP contribution is 2.12. The molecule has 5 nitrogen and oxygen atoms in total. The zero-order valence-electron chi connectivity index (χ0n) is 11.9. The van der Waals surface area contributed by atoms with Gasteiger partial charge in [0.2, 0.25) is 0 Å². The Morgan fingerprint density at radius 3 is 2.50 bits per heavy atom. The van der Waals surface area contributed by atoms with Crippen molar-refractivity contribution in [3.63, 3.8) is 0 Å². The number of rotatable bonds is 4. The van der Waals surface area contributed by atoms with Crippen LogP contribution in [0.5, 0.6) is 0 Å². The third-order valence-electron chi connectivity index (χ3n) is 2.92. The van der Waals surface area contributed by atoms with Crippen molar-refractivity contribution in [2.24, 2.45) is 5.10 Å². The number of carbonyl (C=O) groups is 1. The number of hydrogen-bond donors (Lipinski definition) is 2. The first kappa shape index (κ1) is 15.7. The van der Waals surface area contributed by atoms with E-state index >= 15 is 0 Å². The number of anilines is 1. The van der Waals surface area contributed by atoms with Gasteiger partial charge in [0, 0.05) is 5.69 Å². The maximum absolute atomic E-state index is 10.6. The number of benzene rings is 2. The molecule has 2 N–H and O–H groups in total. The molecule has 2 rings (SSSR count). The van der Waals surface area contributed by atoms with Gasteiger partial charge in [-0.25, -0.2) is 0 Å². The van der Waals surface area contributed by atoms with Crippen LogP contribution in [0.3, 0.4) is 0 Å². The average Bonchev–Trinajstić information content (AvgIpc) is 2.50. The molecule has 0 bridgehead atoms. The first-order valence-corrected chi connectivity index (χ1v) is 6.94. The number of carboxylic acids is 1. The number of carbonyl (C=O) groups excluding carboxylic acids is 1. The number of aromatic carboxylic acids is 1. The molecule has 0 aromatic heterocycles. The van der Waals surface area contributed by atoms with Crippen LogP contribution < -0.4 is 15.8 Å². The molecule has 0 saturated carbocycles. The molecule has 0 spiro atoms. The third kappa shape index (κ3) is 4.39. The second-order valence-electron chi connectivity index (χ2n) is 4.55. The van der Waals surface area contributed by atoms with E-state index in [0.29, 0.717) is 5.11 Å². The average molecular weight is 312 g/mol. The number of hydrazone groups is 1. The lowest BCUT2D eigenvalue weighted by Crippen LogP contribution is -2.24. The predicted molar refractivity (Wildman–Crippen MR) is 88.9 cm³/mol. The quantitative estimate of drug-likeness (QED) is 0.510. The van der Waals surface area contributed by atoms with Crippen LogP contribution in [0.15, 0.2) is 53.6 Å². The largest absolute Gasteiger partial charge is 0.545 e. The van der Waals surface area contributed by atoms with Crippen LogP contribution in [0.2, 0.25) is 0 Å². The van der Waals surface area contributed by atoms with Gasteiger partial charge in [-0.1, -0.05) is 42.5 Å². The Bertz CT molecular complexity index is 712. The van der Waals surface area contributed by atoms with Crippen molar-refractivity contribution in [2.45, 2.75) is 6.92 Å². The molecule has 0 fully saturated rings. The Kier molecular flexibility index (Phi) is 5.21. The molecule has 0 heterocycles. The zero-order chi connectivity index (χ0) is 15.9. The molecule has 0 aliphatic rings. The molecule has 2 aromatic rings. The molecule has 0 saturated heterocycles. The number of thiocarbonyl (C=S) groups is 1. The summed E-state index contributed by atoms with van der Waals surface area (Å²) in [6.45, 7) is 1.98. The molecule has 6 heteroatoms. The van der Waals surface area contributed by atoms with Gasteiger partial charge < -0.3 is 15.2 Å². The lowest BCUT2D eigenvalue weighted by Gasteiger charge is -2.09. The summed E-state index contributed by atoms with van der Waals surface area (Å²) in [6, 6.07) is 14.0. The molecule has 0 unspecified atom stereocenters. The summed E-state index contributed by atoms with van der Waals surface area (Å²) >= 11 is 5.14. The molecule has 22 heavy (non-hydrogen) atoms. The van der Waals surface area contributed by atoms with Gasteiger partial charge in [0.05, 0.1) is 12.2 Å². The molecule has 0 aliphatic heterocycles. The van der Waals surface area contributed by atoms with Gasteiger partial charge in [0.15, 0.2) is 5.11 Å². The topological polar surface area (TPSA) is 76.5 Å². The fraction of sp³-hybridized carbons (Fsp3) is 0.0625. The summed E-state index contributed by atoms with van der Waals surface area (Å²) in [6.07, 6.45) is 1.55. The molecular weight excluding hydrogens is 298 g/mol. The van der Waals surface area contributed by atoms with Gasteiger partial charge in [-0.05, 0) is 41.9 Å².